The highest BCUT2D eigenvalue weighted by Crippen LogP contribution is 2.40. The lowest BCUT2D eigenvalue weighted by Gasteiger charge is -2.35. The number of thioether (sulfide) groups is 1. The molecule has 9 heteroatoms. The van der Waals surface area contributed by atoms with Crippen LogP contribution in [-0.2, 0) is 25.5 Å². The molecule has 1 fully saturated rings. The third kappa shape index (κ3) is 9.57. The Morgan fingerprint density at radius 2 is 1.91 bits per heavy atom. The van der Waals surface area contributed by atoms with E-state index in [-0.39, 0.29) is 29.5 Å². The maximum absolute atomic E-state index is 12.8. The van der Waals surface area contributed by atoms with Gasteiger partial charge in [-0.1, -0.05) is 42.5 Å². The average molecular weight is 506 g/mol. The minimum absolute atomic E-state index is 0.0617. The summed E-state index contributed by atoms with van der Waals surface area (Å²) >= 11 is 1.72. The van der Waals surface area contributed by atoms with Crippen molar-refractivity contribution >= 4 is 29.7 Å². The minimum atomic E-state index is -0.555. The Labute approximate surface area is 213 Å². The topological polar surface area (TPSA) is 97.0 Å². The third-order valence-corrected chi connectivity index (χ3v) is 6.81. The lowest BCUT2D eigenvalue weighted by atomic mass is 10.1. The van der Waals surface area contributed by atoms with Gasteiger partial charge in [0.25, 0.3) is 0 Å². The summed E-state index contributed by atoms with van der Waals surface area (Å²) in [6.07, 6.45) is 4.93. The van der Waals surface area contributed by atoms with Crippen molar-refractivity contribution in [2.75, 3.05) is 26.0 Å². The van der Waals surface area contributed by atoms with Crippen LogP contribution in [-0.4, -0.2) is 71.4 Å². The monoisotopic (exact) mass is 505 g/mol. The van der Waals surface area contributed by atoms with Crippen LogP contribution in [0.15, 0.2) is 42.5 Å². The molecule has 0 aliphatic carbocycles. The molecule has 194 valence electrons. The Morgan fingerprint density at radius 3 is 2.54 bits per heavy atom. The second-order valence-corrected chi connectivity index (χ2v) is 11.5. The molecule has 0 spiro atoms. The van der Waals surface area contributed by atoms with Gasteiger partial charge in [0.1, 0.15) is 12.1 Å². The summed E-state index contributed by atoms with van der Waals surface area (Å²) in [7, 11) is 1.29. The Morgan fingerprint density at radius 1 is 1.23 bits per heavy atom. The Hall–Kier alpha value is -2.52. The highest BCUT2D eigenvalue weighted by Gasteiger charge is 2.44. The van der Waals surface area contributed by atoms with Crippen molar-refractivity contribution in [3.05, 3.63) is 48.0 Å². The first-order valence-electron chi connectivity index (χ1n) is 11.9. The molecule has 0 aromatic heterocycles. The number of hydrogen-bond acceptors (Lipinski definition) is 7. The molecule has 1 aromatic rings. The van der Waals surface area contributed by atoms with Crippen LogP contribution < -0.4 is 10.6 Å². The first-order valence-corrected chi connectivity index (χ1v) is 12.9. The zero-order chi connectivity index (χ0) is 26.1. The summed E-state index contributed by atoms with van der Waals surface area (Å²) < 4.78 is 10.2. The van der Waals surface area contributed by atoms with E-state index in [4.69, 9.17) is 4.74 Å². The molecule has 0 saturated carbocycles. The van der Waals surface area contributed by atoms with Gasteiger partial charge in [0.2, 0.25) is 5.91 Å². The molecule has 2 atom stereocenters. The molecular formula is C26H39N3O5S. The number of esters is 1. The Kier molecular flexibility index (Phi) is 10.6. The average Bonchev–Trinajstić information content (AvgIpc) is 3.09. The van der Waals surface area contributed by atoms with Gasteiger partial charge >= 0.3 is 12.1 Å². The number of carbonyl (C=O) groups is 3. The molecular weight excluding hydrogens is 466 g/mol. The second kappa shape index (κ2) is 13.0. The number of carbonyl (C=O) groups excluding carboxylic acids is 3. The number of amides is 2. The first-order chi connectivity index (χ1) is 16.4. The van der Waals surface area contributed by atoms with Gasteiger partial charge < -0.3 is 20.1 Å². The van der Waals surface area contributed by atoms with E-state index in [0.717, 1.165) is 11.3 Å². The molecule has 1 heterocycles. The van der Waals surface area contributed by atoms with Gasteiger partial charge in [0, 0.05) is 5.75 Å². The molecule has 1 aromatic carbocycles. The predicted octanol–water partition coefficient (Wildman–Crippen LogP) is 3.51. The van der Waals surface area contributed by atoms with E-state index in [1.54, 1.807) is 16.7 Å². The fourth-order valence-corrected chi connectivity index (χ4v) is 4.88. The SMILES string of the molecule is COC(=O)CNC(=O)C(Cc1ccccc1)NCC/C=C/C1CSC(C)(C)N1C(=O)OC(C)(C)C. The summed E-state index contributed by atoms with van der Waals surface area (Å²) in [6, 6.07) is 9.16. The lowest BCUT2D eigenvalue weighted by molar-refractivity contribution is -0.141. The zero-order valence-corrected chi connectivity index (χ0v) is 22.4. The van der Waals surface area contributed by atoms with Crippen LogP contribution in [0.5, 0.6) is 0 Å². The van der Waals surface area contributed by atoms with Crippen molar-refractivity contribution in [2.24, 2.45) is 0 Å². The maximum Gasteiger partial charge on any atom is 0.411 e. The molecule has 2 amide bonds. The van der Waals surface area contributed by atoms with Gasteiger partial charge in [-0.3, -0.25) is 14.5 Å². The fraction of sp³-hybridized carbons (Fsp3) is 0.577. The van der Waals surface area contributed by atoms with Crippen molar-refractivity contribution in [1.82, 2.24) is 15.5 Å². The number of benzene rings is 1. The maximum atomic E-state index is 12.8. The van der Waals surface area contributed by atoms with Crippen LogP contribution in [0.4, 0.5) is 4.79 Å². The summed E-state index contributed by atoms with van der Waals surface area (Å²) in [5.41, 5.74) is 0.466. The minimum Gasteiger partial charge on any atom is -0.468 e. The number of rotatable bonds is 10. The third-order valence-electron chi connectivity index (χ3n) is 5.40. The molecule has 1 aliphatic rings. The quantitative estimate of drug-likeness (QED) is 0.285. The van der Waals surface area contributed by atoms with Crippen LogP contribution in [0.2, 0.25) is 0 Å². The molecule has 1 aliphatic heterocycles. The van der Waals surface area contributed by atoms with E-state index in [2.05, 4.69) is 15.4 Å². The smallest absolute Gasteiger partial charge is 0.411 e. The van der Waals surface area contributed by atoms with E-state index in [1.165, 1.54) is 7.11 Å². The van der Waals surface area contributed by atoms with E-state index >= 15 is 0 Å². The highest BCUT2D eigenvalue weighted by atomic mass is 32.2. The molecule has 1 saturated heterocycles. The molecule has 2 unspecified atom stereocenters. The van der Waals surface area contributed by atoms with Gasteiger partial charge in [-0.25, -0.2) is 4.79 Å². The molecule has 0 bridgehead atoms. The Balaban J connectivity index is 1.95. The molecule has 2 N–H and O–H groups in total. The molecule has 2 rings (SSSR count). The van der Waals surface area contributed by atoms with Crippen molar-refractivity contribution in [3.63, 3.8) is 0 Å². The largest absolute Gasteiger partial charge is 0.468 e. The number of nitrogens with zero attached hydrogens (tertiary/aromatic N) is 1. The summed E-state index contributed by atoms with van der Waals surface area (Å²) in [5.74, 6) is 0.0443. The van der Waals surface area contributed by atoms with Gasteiger partial charge in [0.15, 0.2) is 0 Å². The molecule has 35 heavy (non-hydrogen) atoms. The predicted molar refractivity (Wildman–Crippen MR) is 139 cm³/mol. The Bertz CT molecular complexity index is 883. The van der Waals surface area contributed by atoms with Crippen LogP contribution in [0.3, 0.4) is 0 Å². The van der Waals surface area contributed by atoms with Crippen molar-refractivity contribution in [2.45, 2.75) is 70.0 Å². The van der Waals surface area contributed by atoms with Gasteiger partial charge in [-0.2, -0.15) is 0 Å². The number of ether oxygens (including phenoxy) is 2. The second-order valence-electron chi connectivity index (χ2n) is 9.88. The van der Waals surface area contributed by atoms with Gasteiger partial charge in [-0.05, 0) is 59.6 Å². The van der Waals surface area contributed by atoms with Crippen molar-refractivity contribution in [1.29, 1.82) is 0 Å². The zero-order valence-electron chi connectivity index (χ0n) is 21.6. The van der Waals surface area contributed by atoms with E-state index < -0.39 is 17.6 Å². The molecule has 0 radical (unpaired) electrons. The number of hydrogen-bond donors (Lipinski definition) is 2. The number of methoxy groups -OCH3 is 1. The van der Waals surface area contributed by atoms with E-state index in [9.17, 15) is 14.4 Å². The summed E-state index contributed by atoms with van der Waals surface area (Å²) in [5, 5.41) is 5.92. The number of nitrogens with one attached hydrogen (secondary N) is 2. The first kappa shape index (κ1) is 28.7. The lowest BCUT2D eigenvalue weighted by Crippen LogP contribution is -2.48. The normalized spacial score (nSPS) is 18.3. The van der Waals surface area contributed by atoms with Gasteiger partial charge in [0.05, 0.1) is 24.1 Å². The molecule has 8 nitrogen and oxygen atoms in total. The van der Waals surface area contributed by atoms with Gasteiger partial charge in [-0.15, -0.1) is 11.8 Å². The van der Waals surface area contributed by atoms with Crippen LogP contribution in [0.1, 0.15) is 46.6 Å². The fourth-order valence-electron chi connectivity index (χ4n) is 3.70. The van der Waals surface area contributed by atoms with E-state index in [1.807, 2.05) is 77.1 Å². The standard InChI is InChI=1S/C26H39N3O5S/c1-25(2,3)34-24(32)29-20(18-35-26(29,4)5)14-10-11-15-27-21(16-19-12-8-7-9-13-19)23(31)28-17-22(30)33-6/h7-10,12-14,20-21,27H,11,15-18H2,1-6H3,(H,28,31)/b14-10+. The summed E-state index contributed by atoms with van der Waals surface area (Å²) in [4.78, 5) is 38.4. The van der Waals surface area contributed by atoms with E-state index in [0.29, 0.717) is 19.4 Å². The summed E-state index contributed by atoms with van der Waals surface area (Å²) in [6.45, 7) is 10.0. The van der Waals surface area contributed by atoms with Crippen LogP contribution >= 0.6 is 11.8 Å². The van der Waals surface area contributed by atoms with Crippen LogP contribution in [0.25, 0.3) is 0 Å². The van der Waals surface area contributed by atoms with Crippen LogP contribution in [0, 0.1) is 0 Å². The highest BCUT2D eigenvalue weighted by molar-refractivity contribution is 8.00. The van der Waals surface area contributed by atoms with Crippen molar-refractivity contribution in [3.8, 4) is 0 Å². The van der Waals surface area contributed by atoms with Crippen molar-refractivity contribution < 1.29 is 23.9 Å².